The maximum absolute atomic E-state index is 14.8. The molecule has 7 nitrogen and oxygen atoms in total. The predicted octanol–water partition coefficient (Wildman–Crippen LogP) is 4.68. The molecule has 1 spiro atoms. The maximum atomic E-state index is 14.8. The molecule has 0 aromatic carbocycles. The molecule has 5 heterocycles. The number of hydrogen-bond donors (Lipinski definition) is 1. The molecule has 1 amide bonds. The van der Waals surface area contributed by atoms with E-state index in [0.29, 0.717) is 16.6 Å². The fraction of sp³-hybridized carbons (Fsp3) is 0.440. The van der Waals surface area contributed by atoms with Crippen LogP contribution in [0.25, 0.3) is 10.6 Å². The molecule has 0 radical (unpaired) electrons. The molecule has 3 aliphatic rings. The van der Waals surface area contributed by atoms with Crippen LogP contribution in [0.15, 0.2) is 24.5 Å². The third-order valence-electron chi connectivity index (χ3n) is 7.53. The third-order valence-corrected chi connectivity index (χ3v) is 9.03. The Kier molecular flexibility index (Phi) is 4.97. The lowest BCUT2D eigenvalue weighted by Gasteiger charge is -2.29. The molecule has 6 rings (SSSR count). The Labute approximate surface area is 202 Å². The van der Waals surface area contributed by atoms with Crippen LogP contribution >= 0.6 is 11.3 Å². The fourth-order valence-corrected chi connectivity index (χ4v) is 6.95. The van der Waals surface area contributed by atoms with Crippen LogP contribution in [0.3, 0.4) is 0 Å². The molecule has 1 saturated heterocycles. The Morgan fingerprint density at radius 1 is 1.21 bits per heavy atom. The summed E-state index contributed by atoms with van der Waals surface area (Å²) in [6.07, 6.45) is 7.37. The summed E-state index contributed by atoms with van der Waals surface area (Å²) in [5, 5.41) is 3.11. The number of nitrogens with one attached hydrogen (secondary N) is 1. The lowest BCUT2D eigenvalue weighted by molar-refractivity contribution is 0.0755. The Morgan fingerprint density at radius 2 is 2.03 bits per heavy atom. The number of likely N-dealkylation sites (N-methyl/N-ethyl adjacent to an activating group) is 1. The van der Waals surface area contributed by atoms with Crippen molar-refractivity contribution in [1.82, 2.24) is 24.8 Å². The quantitative estimate of drug-likeness (QED) is 0.587. The Hall–Kier alpha value is -2.91. The molecule has 1 atom stereocenters. The van der Waals surface area contributed by atoms with Crippen LogP contribution in [0.4, 0.5) is 16.2 Å². The van der Waals surface area contributed by atoms with Gasteiger partial charge in [-0.1, -0.05) is 6.07 Å². The highest BCUT2D eigenvalue weighted by atomic mass is 32.1. The van der Waals surface area contributed by atoms with E-state index in [1.807, 2.05) is 31.1 Å². The van der Waals surface area contributed by atoms with Crippen molar-refractivity contribution < 1.29 is 9.18 Å². The van der Waals surface area contributed by atoms with E-state index in [-0.39, 0.29) is 23.1 Å². The normalized spacial score (nSPS) is 21.2. The first kappa shape index (κ1) is 21.6. The predicted molar refractivity (Wildman–Crippen MR) is 130 cm³/mol. The minimum atomic E-state index is -0.496. The number of carbonyl (C=O) groups excluding carboxylic acids is 1. The van der Waals surface area contributed by atoms with E-state index in [1.54, 1.807) is 0 Å². The summed E-state index contributed by atoms with van der Waals surface area (Å²) in [5.41, 5.74) is 2.78. The summed E-state index contributed by atoms with van der Waals surface area (Å²) in [6, 6.07) is 4.02. The zero-order valence-electron chi connectivity index (χ0n) is 19.6. The van der Waals surface area contributed by atoms with Crippen molar-refractivity contribution in [3.8, 4) is 10.6 Å². The van der Waals surface area contributed by atoms with E-state index in [9.17, 15) is 9.18 Å². The van der Waals surface area contributed by atoms with E-state index >= 15 is 0 Å². The highest BCUT2D eigenvalue weighted by Gasteiger charge is 2.58. The summed E-state index contributed by atoms with van der Waals surface area (Å²) >= 11 is 1.49. The number of pyridine rings is 1. The van der Waals surface area contributed by atoms with Gasteiger partial charge in [-0.05, 0) is 69.3 Å². The SMILES string of the molecule is Cc1c(-c2nc(Nc3ccc(C4CCCN(C)C4)cn3)ncc2F)sc2c1C(=O)N(C)C21CC1. The van der Waals surface area contributed by atoms with E-state index in [2.05, 4.69) is 38.3 Å². The first-order valence-corrected chi connectivity index (χ1v) is 12.6. The Balaban J connectivity index is 1.27. The summed E-state index contributed by atoms with van der Waals surface area (Å²) in [4.78, 5) is 32.0. The number of piperidine rings is 1. The van der Waals surface area contributed by atoms with Crippen LogP contribution in [-0.2, 0) is 5.54 Å². The van der Waals surface area contributed by atoms with Gasteiger partial charge in [0.1, 0.15) is 11.5 Å². The van der Waals surface area contributed by atoms with Crippen molar-refractivity contribution in [2.24, 2.45) is 0 Å². The van der Waals surface area contributed by atoms with Crippen LogP contribution in [0.5, 0.6) is 0 Å². The average Bonchev–Trinajstić information content (AvgIpc) is 3.53. The van der Waals surface area contributed by atoms with E-state index in [4.69, 9.17) is 0 Å². The van der Waals surface area contributed by atoms with Gasteiger partial charge < -0.3 is 15.1 Å². The van der Waals surface area contributed by atoms with Crippen molar-refractivity contribution in [3.63, 3.8) is 0 Å². The van der Waals surface area contributed by atoms with Crippen molar-refractivity contribution >= 4 is 29.0 Å². The molecule has 1 N–H and O–H groups in total. The van der Waals surface area contributed by atoms with Crippen LogP contribution in [-0.4, -0.2) is 57.8 Å². The van der Waals surface area contributed by atoms with Gasteiger partial charge >= 0.3 is 0 Å². The second kappa shape index (κ2) is 7.81. The second-order valence-electron chi connectivity index (χ2n) is 9.75. The number of rotatable bonds is 4. The summed E-state index contributed by atoms with van der Waals surface area (Å²) in [6.45, 7) is 4.07. The number of thiophene rings is 1. The minimum absolute atomic E-state index is 0.0220. The molecule has 2 fully saturated rings. The highest BCUT2D eigenvalue weighted by Crippen LogP contribution is 2.60. The number of halogens is 1. The van der Waals surface area contributed by atoms with Gasteiger partial charge in [0.2, 0.25) is 5.95 Å². The maximum Gasteiger partial charge on any atom is 0.255 e. The molecule has 1 saturated carbocycles. The van der Waals surface area contributed by atoms with E-state index < -0.39 is 5.82 Å². The minimum Gasteiger partial charge on any atom is -0.331 e. The van der Waals surface area contributed by atoms with Crippen molar-refractivity contribution in [2.45, 2.75) is 44.1 Å². The third kappa shape index (κ3) is 3.32. The zero-order chi connectivity index (χ0) is 23.6. The van der Waals surface area contributed by atoms with Crippen LogP contribution in [0, 0.1) is 12.7 Å². The summed E-state index contributed by atoms with van der Waals surface area (Å²) < 4.78 is 14.8. The number of anilines is 2. The first-order valence-electron chi connectivity index (χ1n) is 11.7. The molecule has 9 heteroatoms. The van der Waals surface area contributed by atoms with Crippen LogP contribution in [0.1, 0.15) is 58.0 Å². The molecule has 176 valence electrons. The summed E-state index contributed by atoms with van der Waals surface area (Å²) in [7, 11) is 4.01. The molecule has 1 aliphatic carbocycles. The summed E-state index contributed by atoms with van der Waals surface area (Å²) in [5.74, 6) is 0.920. The standard InChI is InChI=1S/C25H27FN6OS/c1-14-19-22(25(8-9-25)32(3)23(19)33)34-21(14)20-17(26)12-28-24(30-20)29-18-7-6-15(11-27-18)16-5-4-10-31(2)13-16/h6-7,11-12,16H,4-5,8-10,13H2,1-3H3,(H,27,28,29,30). The number of amides is 1. The Morgan fingerprint density at radius 3 is 2.74 bits per heavy atom. The monoisotopic (exact) mass is 478 g/mol. The van der Waals surface area contributed by atoms with Crippen molar-refractivity contribution in [3.05, 3.63) is 51.9 Å². The van der Waals surface area contributed by atoms with Gasteiger partial charge in [0.05, 0.1) is 22.2 Å². The van der Waals surface area contributed by atoms with Gasteiger partial charge in [-0.25, -0.2) is 19.3 Å². The molecule has 2 aliphatic heterocycles. The van der Waals surface area contributed by atoms with Gasteiger partial charge in [0, 0.05) is 24.7 Å². The molecule has 3 aromatic rings. The number of aromatic nitrogens is 3. The molecule has 3 aromatic heterocycles. The molecule has 34 heavy (non-hydrogen) atoms. The number of hydrogen-bond acceptors (Lipinski definition) is 7. The zero-order valence-corrected chi connectivity index (χ0v) is 20.4. The largest absolute Gasteiger partial charge is 0.331 e. The van der Waals surface area contributed by atoms with Crippen LogP contribution < -0.4 is 5.32 Å². The molecule has 1 unspecified atom stereocenters. The average molecular weight is 479 g/mol. The van der Waals surface area contributed by atoms with Gasteiger partial charge in [-0.2, -0.15) is 0 Å². The van der Waals surface area contributed by atoms with E-state index in [0.717, 1.165) is 41.9 Å². The number of nitrogens with zero attached hydrogens (tertiary/aromatic N) is 5. The number of carbonyl (C=O) groups is 1. The number of likely N-dealkylation sites (tertiary alicyclic amines) is 1. The van der Waals surface area contributed by atoms with Gasteiger partial charge in [-0.15, -0.1) is 11.3 Å². The van der Waals surface area contributed by atoms with Gasteiger partial charge in [0.15, 0.2) is 5.82 Å². The van der Waals surface area contributed by atoms with Crippen molar-refractivity contribution in [1.29, 1.82) is 0 Å². The molecular weight excluding hydrogens is 451 g/mol. The molecular formula is C25H27FN6OS. The Bertz CT molecular complexity index is 1290. The molecule has 0 bridgehead atoms. The van der Waals surface area contributed by atoms with E-state index in [1.165, 1.54) is 35.9 Å². The second-order valence-corrected chi connectivity index (χ2v) is 10.8. The first-order chi connectivity index (χ1) is 16.4. The smallest absolute Gasteiger partial charge is 0.255 e. The highest BCUT2D eigenvalue weighted by molar-refractivity contribution is 7.16. The lowest BCUT2D eigenvalue weighted by Crippen LogP contribution is -2.30. The van der Waals surface area contributed by atoms with Gasteiger partial charge in [0.25, 0.3) is 5.91 Å². The number of fused-ring (bicyclic) bond motifs is 2. The fourth-order valence-electron chi connectivity index (χ4n) is 5.38. The van der Waals surface area contributed by atoms with Crippen LogP contribution in [0.2, 0.25) is 0 Å². The topological polar surface area (TPSA) is 74.2 Å². The van der Waals surface area contributed by atoms with Gasteiger partial charge in [-0.3, -0.25) is 4.79 Å². The lowest BCUT2D eigenvalue weighted by atomic mass is 9.92. The van der Waals surface area contributed by atoms with Crippen molar-refractivity contribution in [2.75, 3.05) is 32.5 Å².